The lowest BCUT2D eigenvalue weighted by atomic mass is 10.2. The van der Waals surface area contributed by atoms with Gasteiger partial charge in [-0.05, 0) is 37.1 Å². The fourth-order valence-corrected chi connectivity index (χ4v) is 3.32. The first-order chi connectivity index (χ1) is 14.1. The van der Waals surface area contributed by atoms with Crippen molar-refractivity contribution in [1.82, 2.24) is 30.0 Å². The molecule has 5 N–H and O–H groups in total. The number of methoxy groups -OCH3 is 1. The molecule has 29 heavy (non-hydrogen) atoms. The van der Waals surface area contributed by atoms with Gasteiger partial charge in [-0.15, -0.1) is 0 Å². The molecule has 0 unspecified atom stereocenters. The van der Waals surface area contributed by atoms with Gasteiger partial charge in [0.2, 0.25) is 0 Å². The molecule has 0 aliphatic heterocycles. The SMILES string of the molecule is COc1ccc2[nH]c(-c3nn(CCCCNC(=O)O)c4ncnc(N)c34)cc2c1. The van der Waals surface area contributed by atoms with Crippen molar-refractivity contribution in [2.75, 3.05) is 19.4 Å². The van der Waals surface area contributed by atoms with Crippen LogP contribution in [0.3, 0.4) is 0 Å². The highest BCUT2D eigenvalue weighted by Crippen LogP contribution is 2.32. The normalized spacial score (nSPS) is 11.2. The molecule has 0 spiro atoms. The first-order valence-electron chi connectivity index (χ1n) is 9.17. The lowest BCUT2D eigenvalue weighted by Crippen LogP contribution is -2.22. The number of aromatic nitrogens is 5. The Bertz CT molecular complexity index is 1180. The number of hydrogen-bond donors (Lipinski definition) is 4. The number of unbranched alkanes of at least 4 members (excludes halogenated alkanes) is 1. The van der Waals surface area contributed by atoms with E-state index in [1.807, 2.05) is 24.3 Å². The second-order valence-electron chi connectivity index (χ2n) is 6.60. The number of nitrogens with two attached hydrogens (primary N) is 1. The van der Waals surface area contributed by atoms with Crippen molar-refractivity contribution in [2.24, 2.45) is 0 Å². The van der Waals surface area contributed by atoms with E-state index in [0.717, 1.165) is 28.8 Å². The van der Waals surface area contributed by atoms with E-state index in [9.17, 15) is 4.79 Å². The number of nitrogens with zero attached hydrogens (tertiary/aromatic N) is 4. The molecule has 0 aliphatic carbocycles. The number of ether oxygens (including phenoxy) is 1. The summed E-state index contributed by atoms with van der Waals surface area (Å²) in [7, 11) is 1.63. The molecular formula is C19H21N7O3. The molecule has 4 aromatic rings. The zero-order chi connectivity index (χ0) is 20.4. The van der Waals surface area contributed by atoms with Crippen LogP contribution >= 0.6 is 0 Å². The van der Waals surface area contributed by atoms with E-state index in [-0.39, 0.29) is 0 Å². The molecule has 4 rings (SSSR count). The smallest absolute Gasteiger partial charge is 0.404 e. The summed E-state index contributed by atoms with van der Waals surface area (Å²) in [4.78, 5) is 22.4. The molecule has 0 saturated carbocycles. The Balaban J connectivity index is 1.68. The van der Waals surface area contributed by atoms with Gasteiger partial charge in [-0.3, -0.25) is 0 Å². The van der Waals surface area contributed by atoms with Crippen LogP contribution in [0.2, 0.25) is 0 Å². The maximum Gasteiger partial charge on any atom is 0.404 e. The highest BCUT2D eigenvalue weighted by molar-refractivity contribution is 5.99. The second-order valence-corrected chi connectivity index (χ2v) is 6.60. The van der Waals surface area contributed by atoms with Gasteiger partial charge in [0.25, 0.3) is 0 Å². The van der Waals surface area contributed by atoms with Gasteiger partial charge < -0.3 is 25.9 Å². The predicted octanol–water partition coefficient (Wildman–Crippen LogP) is 2.61. The van der Waals surface area contributed by atoms with E-state index in [0.29, 0.717) is 42.1 Å². The monoisotopic (exact) mass is 395 g/mol. The summed E-state index contributed by atoms with van der Waals surface area (Å²) in [5.74, 6) is 1.14. The van der Waals surface area contributed by atoms with Crippen LogP contribution in [0.4, 0.5) is 10.6 Å². The lowest BCUT2D eigenvalue weighted by molar-refractivity contribution is 0.194. The third-order valence-corrected chi connectivity index (χ3v) is 4.71. The number of aryl methyl sites for hydroxylation is 1. The van der Waals surface area contributed by atoms with Crippen LogP contribution < -0.4 is 15.8 Å². The lowest BCUT2D eigenvalue weighted by Gasteiger charge is -2.03. The first-order valence-corrected chi connectivity index (χ1v) is 9.17. The summed E-state index contributed by atoms with van der Waals surface area (Å²) in [5.41, 5.74) is 9.24. The molecule has 0 bridgehead atoms. The Labute approximate surface area is 165 Å². The van der Waals surface area contributed by atoms with Crippen LogP contribution in [0.1, 0.15) is 12.8 Å². The summed E-state index contributed by atoms with van der Waals surface area (Å²) in [6.07, 6.45) is 1.83. The van der Waals surface area contributed by atoms with E-state index < -0.39 is 6.09 Å². The van der Waals surface area contributed by atoms with Gasteiger partial charge in [0, 0.05) is 24.0 Å². The van der Waals surface area contributed by atoms with Crippen molar-refractivity contribution in [3.05, 3.63) is 30.6 Å². The summed E-state index contributed by atoms with van der Waals surface area (Å²) in [6.45, 7) is 0.977. The van der Waals surface area contributed by atoms with Crippen molar-refractivity contribution in [3.8, 4) is 17.1 Å². The predicted molar refractivity (Wildman–Crippen MR) is 109 cm³/mol. The zero-order valence-corrected chi connectivity index (χ0v) is 15.8. The van der Waals surface area contributed by atoms with Crippen LogP contribution in [0.5, 0.6) is 5.75 Å². The van der Waals surface area contributed by atoms with Crippen molar-refractivity contribution in [3.63, 3.8) is 0 Å². The molecule has 3 aromatic heterocycles. The van der Waals surface area contributed by atoms with E-state index in [4.69, 9.17) is 20.7 Å². The highest BCUT2D eigenvalue weighted by Gasteiger charge is 2.18. The molecule has 0 aliphatic rings. The van der Waals surface area contributed by atoms with E-state index in [1.165, 1.54) is 6.33 Å². The number of nitrogen functional groups attached to an aromatic ring is 1. The Kier molecular flexibility index (Phi) is 4.90. The standard InChI is InChI=1S/C19H21N7O3/c1-29-12-4-5-13-11(8-12)9-14(24-13)16-15-17(20)22-10-23-18(15)26(25-16)7-3-2-6-21-19(27)28/h4-5,8-10,21,24H,2-3,6-7H2,1H3,(H,27,28)(H2,20,22,23). The van der Waals surface area contributed by atoms with Gasteiger partial charge >= 0.3 is 6.09 Å². The molecule has 10 heteroatoms. The number of rotatable bonds is 7. The summed E-state index contributed by atoms with van der Waals surface area (Å²) in [6, 6.07) is 7.78. The number of nitrogens with one attached hydrogen (secondary N) is 2. The molecule has 10 nitrogen and oxygen atoms in total. The Morgan fingerprint density at radius 1 is 1.31 bits per heavy atom. The van der Waals surface area contributed by atoms with Crippen molar-refractivity contribution in [2.45, 2.75) is 19.4 Å². The minimum absolute atomic E-state index is 0.361. The fraction of sp³-hybridized carbons (Fsp3) is 0.263. The van der Waals surface area contributed by atoms with Crippen molar-refractivity contribution < 1.29 is 14.6 Å². The van der Waals surface area contributed by atoms with Gasteiger partial charge in [-0.1, -0.05) is 0 Å². The molecule has 150 valence electrons. The number of carboxylic acid groups (broad SMARTS) is 1. The first kappa shape index (κ1) is 18.5. The average molecular weight is 395 g/mol. The molecule has 0 saturated heterocycles. The zero-order valence-electron chi connectivity index (χ0n) is 15.8. The molecule has 3 heterocycles. The molecule has 0 radical (unpaired) electrons. The van der Waals surface area contributed by atoms with Gasteiger partial charge in [0.1, 0.15) is 23.6 Å². The summed E-state index contributed by atoms with van der Waals surface area (Å²) >= 11 is 0. The Morgan fingerprint density at radius 3 is 2.97 bits per heavy atom. The second kappa shape index (κ2) is 7.66. The van der Waals surface area contributed by atoms with Crippen LogP contribution in [0, 0.1) is 0 Å². The van der Waals surface area contributed by atoms with Gasteiger partial charge in [0.05, 0.1) is 18.2 Å². The number of H-pyrrole nitrogens is 1. The number of fused-ring (bicyclic) bond motifs is 2. The quantitative estimate of drug-likeness (QED) is 0.352. The largest absolute Gasteiger partial charge is 0.497 e. The van der Waals surface area contributed by atoms with E-state index >= 15 is 0 Å². The Morgan fingerprint density at radius 2 is 2.17 bits per heavy atom. The fourth-order valence-electron chi connectivity index (χ4n) is 3.32. The van der Waals surface area contributed by atoms with Gasteiger partial charge in [-0.2, -0.15) is 5.10 Å². The van der Waals surface area contributed by atoms with Gasteiger partial charge in [0.15, 0.2) is 5.65 Å². The number of hydrogen-bond acceptors (Lipinski definition) is 6. The Hall–Kier alpha value is -3.82. The number of aromatic amines is 1. The topological polar surface area (TPSA) is 144 Å². The number of carbonyl (C=O) groups is 1. The molecule has 0 atom stereocenters. The van der Waals surface area contributed by atoms with Crippen LogP contribution in [0.15, 0.2) is 30.6 Å². The number of anilines is 1. The molecule has 0 fully saturated rings. The highest BCUT2D eigenvalue weighted by atomic mass is 16.5. The van der Waals surface area contributed by atoms with E-state index in [2.05, 4.69) is 20.3 Å². The van der Waals surface area contributed by atoms with Crippen molar-refractivity contribution in [1.29, 1.82) is 0 Å². The number of amides is 1. The number of benzene rings is 1. The van der Waals surface area contributed by atoms with Gasteiger partial charge in [-0.25, -0.2) is 19.4 Å². The van der Waals surface area contributed by atoms with E-state index in [1.54, 1.807) is 11.8 Å². The molecule has 1 amide bonds. The summed E-state index contributed by atoms with van der Waals surface area (Å²) in [5, 5.41) is 17.4. The van der Waals surface area contributed by atoms with Crippen molar-refractivity contribution >= 4 is 33.8 Å². The van der Waals surface area contributed by atoms with Crippen LogP contribution in [-0.4, -0.2) is 49.6 Å². The minimum atomic E-state index is -1.02. The maximum absolute atomic E-state index is 10.5. The minimum Gasteiger partial charge on any atom is -0.497 e. The third-order valence-electron chi connectivity index (χ3n) is 4.71. The third kappa shape index (κ3) is 3.64. The average Bonchev–Trinajstić information content (AvgIpc) is 3.29. The maximum atomic E-state index is 10.5. The van der Waals surface area contributed by atoms with Crippen LogP contribution in [0.25, 0.3) is 33.3 Å². The molecule has 1 aromatic carbocycles. The summed E-state index contributed by atoms with van der Waals surface area (Å²) < 4.78 is 7.08. The molecular weight excluding hydrogens is 374 g/mol. The van der Waals surface area contributed by atoms with Crippen LogP contribution in [-0.2, 0) is 6.54 Å².